The first-order valence-corrected chi connectivity index (χ1v) is 6.79. The lowest BCUT2D eigenvalue weighted by molar-refractivity contribution is -0.141. The fraction of sp³-hybridized carbons (Fsp3) is 0.583. The van der Waals surface area contributed by atoms with Gasteiger partial charge in [0.1, 0.15) is 0 Å². The van der Waals surface area contributed by atoms with E-state index in [1.807, 2.05) is 0 Å². The molecule has 3 N–H and O–H groups in total. The van der Waals surface area contributed by atoms with Crippen LogP contribution in [0.15, 0.2) is 0 Å². The summed E-state index contributed by atoms with van der Waals surface area (Å²) < 4.78 is 4.80. The average molecular weight is 328 g/mol. The van der Waals surface area contributed by atoms with Gasteiger partial charge in [0.25, 0.3) is 11.0 Å². The number of rotatable bonds is 6. The Morgan fingerprint density at radius 1 is 1.50 bits per heavy atom. The summed E-state index contributed by atoms with van der Waals surface area (Å²) in [6.07, 6.45) is 0. The zero-order chi connectivity index (χ0) is 17.0. The fourth-order valence-electron chi connectivity index (χ4n) is 2.30. The lowest BCUT2D eigenvalue weighted by atomic mass is 9.75. The summed E-state index contributed by atoms with van der Waals surface area (Å²) in [6.45, 7) is 3.14. The number of carboxylic acid groups (broad SMARTS) is 1. The summed E-state index contributed by atoms with van der Waals surface area (Å²) in [5.41, 5.74) is 7.65. The van der Waals surface area contributed by atoms with Gasteiger partial charge in [-0.2, -0.15) is 4.79 Å². The molecule has 0 aliphatic carbocycles. The fourth-order valence-corrected chi connectivity index (χ4v) is 2.49. The molecule has 0 aromatic rings. The van der Waals surface area contributed by atoms with Crippen LogP contribution in [-0.4, -0.2) is 57.6 Å². The maximum Gasteiger partial charge on any atom is 0.441 e. The van der Waals surface area contributed by atoms with Crippen molar-refractivity contribution in [1.82, 2.24) is 10.6 Å². The SMILES string of the molecule is COC(=S)NC(C)[C@H]1C(=O)N[C@@H]1C(C)C(=O)C(=[N+]=[N-])C(=O)O. The van der Waals surface area contributed by atoms with E-state index in [0.717, 1.165) is 0 Å². The van der Waals surface area contributed by atoms with E-state index in [-0.39, 0.29) is 11.1 Å². The summed E-state index contributed by atoms with van der Waals surface area (Å²) in [6, 6.07) is -1.01. The van der Waals surface area contributed by atoms with Crippen LogP contribution in [-0.2, 0) is 19.1 Å². The molecule has 0 aromatic heterocycles. The zero-order valence-electron chi connectivity index (χ0n) is 12.2. The van der Waals surface area contributed by atoms with E-state index in [9.17, 15) is 14.4 Å². The number of ketones is 1. The number of carbonyl (C=O) groups excluding carboxylic acids is 2. The summed E-state index contributed by atoms with van der Waals surface area (Å²) in [5.74, 6) is -4.26. The molecule has 0 radical (unpaired) electrons. The molecule has 1 saturated heterocycles. The van der Waals surface area contributed by atoms with Crippen molar-refractivity contribution >= 4 is 40.8 Å². The van der Waals surface area contributed by atoms with Crippen molar-refractivity contribution < 1.29 is 29.0 Å². The molecule has 1 fully saturated rings. The minimum Gasteiger partial charge on any atom is -0.474 e. The van der Waals surface area contributed by atoms with Gasteiger partial charge in [0.2, 0.25) is 5.91 Å². The third kappa shape index (κ3) is 3.46. The second-order valence-corrected chi connectivity index (χ2v) is 5.26. The van der Waals surface area contributed by atoms with Crippen LogP contribution in [0.1, 0.15) is 13.8 Å². The summed E-state index contributed by atoms with van der Waals surface area (Å²) >= 11 is 4.85. The Hall–Kier alpha value is -2.32. The van der Waals surface area contributed by atoms with Crippen molar-refractivity contribution in [3.8, 4) is 0 Å². The molecule has 0 aromatic carbocycles. The predicted molar refractivity (Wildman–Crippen MR) is 78.1 cm³/mol. The third-order valence-corrected chi connectivity index (χ3v) is 3.84. The summed E-state index contributed by atoms with van der Waals surface area (Å²) in [7, 11) is 1.38. The first-order chi connectivity index (χ1) is 10.2. The molecule has 0 saturated carbocycles. The van der Waals surface area contributed by atoms with Crippen LogP contribution >= 0.6 is 12.2 Å². The van der Waals surface area contributed by atoms with E-state index in [0.29, 0.717) is 0 Å². The minimum absolute atomic E-state index is 0.105. The second-order valence-electron chi connectivity index (χ2n) is 4.89. The topological polar surface area (TPSA) is 141 Å². The highest BCUT2D eigenvalue weighted by molar-refractivity contribution is 7.80. The van der Waals surface area contributed by atoms with Crippen LogP contribution in [0.4, 0.5) is 0 Å². The van der Waals surface area contributed by atoms with Gasteiger partial charge in [-0.05, 0) is 19.1 Å². The number of amides is 1. The van der Waals surface area contributed by atoms with Gasteiger partial charge in [-0.1, -0.05) is 6.92 Å². The zero-order valence-corrected chi connectivity index (χ0v) is 13.0. The summed E-state index contributed by atoms with van der Waals surface area (Å²) in [5, 5.41) is 14.2. The molecule has 4 atom stereocenters. The Morgan fingerprint density at radius 3 is 2.50 bits per heavy atom. The van der Waals surface area contributed by atoms with Gasteiger partial charge in [0.15, 0.2) is 0 Å². The average Bonchev–Trinajstić information content (AvgIpc) is 2.43. The number of Topliss-reactive ketones (excluding diaryl/α,β-unsaturated/α-hetero) is 1. The molecular weight excluding hydrogens is 312 g/mol. The number of ether oxygens (including phenoxy) is 1. The van der Waals surface area contributed by atoms with E-state index in [2.05, 4.69) is 15.4 Å². The van der Waals surface area contributed by atoms with Crippen LogP contribution in [0, 0.1) is 11.8 Å². The molecule has 2 unspecified atom stereocenters. The smallest absolute Gasteiger partial charge is 0.441 e. The van der Waals surface area contributed by atoms with Gasteiger partial charge in [-0.25, -0.2) is 4.79 Å². The van der Waals surface area contributed by atoms with Crippen molar-refractivity contribution in [2.75, 3.05) is 7.11 Å². The highest BCUT2D eigenvalue weighted by atomic mass is 32.1. The molecule has 1 heterocycles. The molecule has 10 heteroatoms. The van der Waals surface area contributed by atoms with Gasteiger partial charge in [-0.15, -0.1) is 0 Å². The van der Waals surface area contributed by atoms with Crippen molar-refractivity contribution in [3.05, 3.63) is 5.53 Å². The van der Waals surface area contributed by atoms with E-state index < -0.39 is 41.4 Å². The largest absolute Gasteiger partial charge is 0.474 e. The molecule has 22 heavy (non-hydrogen) atoms. The molecule has 0 bridgehead atoms. The van der Waals surface area contributed by atoms with Crippen molar-refractivity contribution in [1.29, 1.82) is 0 Å². The van der Waals surface area contributed by atoms with Crippen molar-refractivity contribution in [3.63, 3.8) is 0 Å². The number of nitrogens with zero attached hydrogens (tertiary/aromatic N) is 2. The number of thiocarbonyl (C=S) groups is 1. The van der Waals surface area contributed by atoms with Crippen molar-refractivity contribution in [2.45, 2.75) is 25.9 Å². The predicted octanol–water partition coefficient (Wildman–Crippen LogP) is -1.03. The Kier molecular flexibility index (Phi) is 5.72. The molecule has 120 valence electrons. The van der Waals surface area contributed by atoms with Crippen LogP contribution in [0.5, 0.6) is 0 Å². The van der Waals surface area contributed by atoms with E-state index >= 15 is 0 Å². The Bertz CT molecular complexity index is 572. The van der Waals surface area contributed by atoms with Crippen LogP contribution in [0.25, 0.3) is 5.53 Å². The Morgan fingerprint density at radius 2 is 2.09 bits per heavy atom. The first kappa shape index (κ1) is 17.7. The second kappa shape index (κ2) is 7.10. The molecule has 1 rings (SSSR count). The standard InChI is InChI=1S/C12H16N4O5S/c1-4(9(17)8(16-13)11(19)20)7-6(10(18)15-7)5(2)14-12(22)21-3/h4-7H,1-3H3,(H,14,22)(H,15,18)(H,19,20)/t4?,5?,6-,7-/m1/s1. The maximum atomic E-state index is 12.0. The number of carbonyl (C=O) groups is 3. The van der Waals surface area contributed by atoms with E-state index in [1.54, 1.807) is 6.92 Å². The Labute approximate surface area is 131 Å². The molecule has 1 amide bonds. The molecule has 1 aliphatic heterocycles. The lowest BCUT2D eigenvalue weighted by Crippen LogP contribution is -2.68. The van der Waals surface area contributed by atoms with Gasteiger partial charge in [0.05, 0.1) is 19.1 Å². The number of methoxy groups -OCH3 is 1. The molecule has 1 aliphatic rings. The lowest BCUT2D eigenvalue weighted by Gasteiger charge is -2.42. The number of aliphatic carboxylic acids is 1. The number of hydrogen-bond donors (Lipinski definition) is 3. The third-order valence-electron chi connectivity index (χ3n) is 3.56. The highest BCUT2D eigenvalue weighted by Gasteiger charge is 2.50. The van der Waals surface area contributed by atoms with Crippen LogP contribution < -0.4 is 10.6 Å². The maximum absolute atomic E-state index is 12.0. The number of carboxylic acids is 1. The highest BCUT2D eigenvalue weighted by Crippen LogP contribution is 2.26. The number of nitrogens with one attached hydrogen (secondary N) is 2. The van der Waals surface area contributed by atoms with Gasteiger partial charge in [-0.3, -0.25) is 9.59 Å². The molecule has 0 spiro atoms. The van der Waals surface area contributed by atoms with Gasteiger partial charge >= 0.3 is 11.7 Å². The van der Waals surface area contributed by atoms with E-state index in [4.69, 9.17) is 27.6 Å². The van der Waals surface area contributed by atoms with Crippen molar-refractivity contribution in [2.24, 2.45) is 11.8 Å². The summed E-state index contributed by atoms with van der Waals surface area (Å²) in [4.78, 5) is 37.0. The number of β-lactam (4-membered cyclic amide) rings is 1. The van der Waals surface area contributed by atoms with Gasteiger partial charge in [0, 0.05) is 12.0 Å². The Balaban J connectivity index is 2.86. The number of hydrogen-bond acceptors (Lipinski definition) is 5. The first-order valence-electron chi connectivity index (χ1n) is 6.39. The molecular formula is C12H16N4O5S. The quantitative estimate of drug-likeness (QED) is 0.141. The van der Waals surface area contributed by atoms with Gasteiger partial charge < -0.3 is 26.0 Å². The normalized spacial score (nSPS) is 22.2. The van der Waals surface area contributed by atoms with E-state index in [1.165, 1.54) is 14.0 Å². The van der Waals surface area contributed by atoms with Crippen LogP contribution in [0.3, 0.4) is 0 Å². The molecule has 9 nitrogen and oxygen atoms in total. The minimum atomic E-state index is -1.63. The monoisotopic (exact) mass is 328 g/mol. The van der Waals surface area contributed by atoms with Crippen LogP contribution in [0.2, 0.25) is 0 Å².